The highest BCUT2D eigenvalue weighted by Gasteiger charge is 2.05. The summed E-state index contributed by atoms with van der Waals surface area (Å²) in [5.74, 6) is 0. The Morgan fingerprint density at radius 1 is 1.29 bits per heavy atom. The lowest BCUT2D eigenvalue weighted by Gasteiger charge is -2.11. The SMILES string of the molecule is Cc1cc(C)c(NCc2csc(C)n2)c(Br)c1. The van der Waals surface area contributed by atoms with Crippen LogP contribution in [-0.4, -0.2) is 4.98 Å². The molecule has 0 aliphatic carbocycles. The van der Waals surface area contributed by atoms with Crippen LogP contribution in [0, 0.1) is 20.8 Å². The van der Waals surface area contributed by atoms with Crippen molar-refractivity contribution in [1.29, 1.82) is 0 Å². The fraction of sp³-hybridized carbons (Fsp3) is 0.308. The predicted octanol–water partition coefficient (Wildman–Crippen LogP) is 4.44. The standard InChI is InChI=1S/C13H15BrN2S/c1-8-4-9(2)13(12(14)5-8)15-6-11-7-17-10(3)16-11/h4-5,7,15H,6H2,1-3H3. The van der Waals surface area contributed by atoms with Crippen molar-refractivity contribution in [2.75, 3.05) is 5.32 Å². The maximum Gasteiger partial charge on any atom is 0.0898 e. The molecular weight excluding hydrogens is 296 g/mol. The summed E-state index contributed by atoms with van der Waals surface area (Å²) in [5.41, 5.74) is 4.77. The van der Waals surface area contributed by atoms with Gasteiger partial charge in [0.25, 0.3) is 0 Å². The molecule has 0 spiro atoms. The number of hydrogen-bond donors (Lipinski definition) is 1. The highest BCUT2D eigenvalue weighted by atomic mass is 79.9. The lowest BCUT2D eigenvalue weighted by Crippen LogP contribution is -2.02. The maximum absolute atomic E-state index is 4.44. The first-order chi connectivity index (χ1) is 8.06. The number of aromatic nitrogens is 1. The normalized spacial score (nSPS) is 10.6. The fourth-order valence-electron chi connectivity index (χ4n) is 1.81. The Kier molecular flexibility index (Phi) is 3.84. The van der Waals surface area contributed by atoms with E-state index in [-0.39, 0.29) is 0 Å². The summed E-state index contributed by atoms with van der Waals surface area (Å²) in [5, 5.41) is 6.64. The van der Waals surface area contributed by atoms with E-state index in [1.54, 1.807) is 11.3 Å². The second kappa shape index (κ2) is 5.19. The highest BCUT2D eigenvalue weighted by Crippen LogP contribution is 2.28. The number of halogens is 1. The Morgan fingerprint density at radius 3 is 2.65 bits per heavy atom. The van der Waals surface area contributed by atoms with Gasteiger partial charge in [-0.1, -0.05) is 6.07 Å². The molecule has 2 aromatic rings. The van der Waals surface area contributed by atoms with Crippen LogP contribution in [0.1, 0.15) is 21.8 Å². The summed E-state index contributed by atoms with van der Waals surface area (Å²) in [6.45, 7) is 7.02. The maximum atomic E-state index is 4.44. The van der Waals surface area contributed by atoms with E-state index < -0.39 is 0 Å². The van der Waals surface area contributed by atoms with Crippen LogP contribution in [0.5, 0.6) is 0 Å². The van der Waals surface area contributed by atoms with Gasteiger partial charge in [0.05, 0.1) is 22.9 Å². The molecule has 0 saturated heterocycles. The van der Waals surface area contributed by atoms with E-state index in [0.717, 1.165) is 27.4 Å². The molecule has 0 atom stereocenters. The van der Waals surface area contributed by atoms with Gasteiger partial charge >= 0.3 is 0 Å². The van der Waals surface area contributed by atoms with Crippen LogP contribution in [0.2, 0.25) is 0 Å². The van der Waals surface area contributed by atoms with E-state index in [4.69, 9.17) is 0 Å². The summed E-state index contributed by atoms with van der Waals surface area (Å²) < 4.78 is 1.11. The molecule has 1 heterocycles. The van der Waals surface area contributed by atoms with E-state index in [1.165, 1.54) is 11.1 Å². The molecule has 1 aromatic heterocycles. The van der Waals surface area contributed by atoms with Gasteiger partial charge in [-0.15, -0.1) is 11.3 Å². The van der Waals surface area contributed by atoms with Gasteiger partial charge in [-0.2, -0.15) is 0 Å². The fourth-order valence-corrected chi connectivity index (χ4v) is 3.23. The van der Waals surface area contributed by atoms with Gasteiger partial charge < -0.3 is 5.32 Å². The third kappa shape index (κ3) is 3.07. The van der Waals surface area contributed by atoms with Gasteiger partial charge in [0.2, 0.25) is 0 Å². The van der Waals surface area contributed by atoms with Crippen LogP contribution in [0.15, 0.2) is 22.0 Å². The molecule has 0 saturated carbocycles. The molecule has 4 heteroatoms. The summed E-state index contributed by atoms with van der Waals surface area (Å²) in [6, 6.07) is 4.31. The zero-order valence-corrected chi connectivity index (χ0v) is 12.6. The molecule has 0 radical (unpaired) electrons. The summed E-state index contributed by atoms with van der Waals surface area (Å²) in [6.07, 6.45) is 0. The van der Waals surface area contributed by atoms with Crippen molar-refractivity contribution in [3.05, 3.63) is 43.8 Å². The summed E-state index contributed by atoms with van der Waals surface area (Å²) in [7, 11) is 0. The van der Waals surface area contributed by atoms with E-state index >= 15 is 0 Å². The van der Waals surface area contributed by atoms with Gasteiger partial charge in [0.15, 0.2) is 0 Å². The first-order valence-electron chi connectivity index (χ1n) is 5.48. The Morgan fingerprint density at radius 2 is 2.06 bits per heavy atom. The van der Waals surface area contributed by atoms with E-state index in [2.05, 4.69) is 57.6 Å². The minimum atomic E-state index is 0.771. The van der Waals surface area contributed by atoms with Crippen molar-refractivity contribution in [1.82, 2.24) is 4.98 Å². The van der Waals surface area contributed by atoms with Crippen molar-refractivity contribution in [3.8, 4) is 0 Å². The molecule has 1 aromatic carbocycles. The molecule has 0 fully saturated rings. The second-order valence-corrected chi connectivity index (χ2v) is 6.07. The third-order valence-electron chi connectivity index (χ3n) is 2.54. The molecule has 0 aliphatic rings. The van der Waals surface area contributed by atoms with Gasteiger partial charge in [-0.3, -0.25) is 0 Å². The molecule has 17 heavy (non-hydrogen) atoms. The average molecular weight is 311 g/mol. The minimum Gasteiger partial charge on any atom is -0.378 e. The number of rotatable bonds is 3. The zero-order valence-electron chi connectivity index (χ0n) is 10.2. The van der Waals surface area contributed by atoms with Gasteiger partial charge in [-0.25, -0.2) is 4.98 Å². The monoisotopic (exact) mass is 310 g/mol. The average Bonchev–Trinajstić information content (AvgIpc) is 2.62. The Balaban J connectivity index is 2.14. The van der Waals surface area contributed by atoms with E-state index in [1.807, 2.05) is 6.92 Å². The number of thiazole rings is 1. The Labute approximate surface area is 114 Å². The van der Waals surface area contributed by atoms with Gasteiger partial charge in [0.1, 0.15) is 0 Å². The number of aryl methyl sites for hydroxylation is 3. The van der Waals surface area contributed by atoms with Crippen molar-refractivity contribution in [2.45, 2.75) is 27.3 Å². The van der Waals surface area contributed by atoms with E-state index in [0.29, 0.717) is 0 Å². The molecule has 90 valence electrons. The van der Waals surface area contributed by atoms with Crippen LogP contribution in [0.25, 0.3) is 0 Å². The van der Waals surface area contributed by atoms with Crippen molar-refractivity contribution in [3.63, 3.8) is 0 Å². The van der Waals surface area contributed by atoms with Crippen LogP contribution in [0.3, 0.4) is 0 Å². The van der Waals surface area contributed by atoms with Crippen molar-refractivity contribution in [2.24, 2.45) is 0 Å². The zero-order chi connectivity index (χ0) is 12.4. The quantitative estimate of drug-likeness (QED) is 0.906. The molecule has 2 rings (SSSR count). The molecule has 2 nitrogen and oxygen atoms in total. The van der Waals surface area contributed by atoms with Crippen molar-refractivity contribution < 1.29 is 0 Å². The van der Waals surface area contributed by atoms with Crippen molar-refractivity contribution >= 4 is 33.0 Å². The van der Waals surface area contributed by atoms with Gasteiger partial charge in [-0.05, 0) is 53.9 Å². The largest absolute Gasteiger partial charge is 0.378 e. The topological polar surface area (TPSA) is 24.9 Å². The number of nitrogens with one attached hydrogen (secondary N) is 1. The second-order valence-electron chi connectivity index (χ2n) is 4.15. The summed E-state index contributed by atoms with van der Waals surface area (Å²) in [4.78, 5) is 4.44. The van der Waals surface area contributed by atoms with Crippen LogP contribution in [0.4, 0.5) is 5.69 Å². The smallest absolute Gasteiger partial charge is 0.0898 e. The summed E-state index contributed by atoms with van der Waals surface area (Å²) >= 11 is 5.28. The molecule has 1 N–H and O–H groups in total. The highest BCUT2D eigenvalue weighted by molar-refractivity contribution is 9.10. The lowest BCUT2D eigenvalue weighted by atomic mass is 10.1. The van der Waals surface area contributed by atoms with E-state index in [9.17, 15) is 0 Å². The molecule has 0 unspecified atom stereocenters. The number of hydrogen-bond acceptors (Lipinski definition) is 3. The molecule has 0 amide bonds. The van der Waals surface area contributed by atoms with Crippen LogP contribution < -0.4 is 5.32 Å². The first-order valence-corrected chi connectivity index (χ1v) is 7.15. The van der Waals surface area contributed by atoms with Crippen LogP contribution in [-0.2, 0) is 6.54 Å². The predicted molar refractivity (Wildman–Crippen MR) is 77.8 cm³/mol. The first kappa shape index (κ1) is 12.6. The van der Waals surface area contributed by atoms with Crippen LogP contribution >= 0.6 is 27.3 Å². The Hall–Kier alpha value is -0.870. The van der Waals surface area contributed by atoms with Gasteiger partial charge in [0, 0.05) is 9.85 Å². The molecule has 0 aliphatic heterocycles. The third-order valence-corrected chi connectivity index (χ3v) is 3.99. The number of nitrogens with zero attached hydrogens (tertiary/aromatic N) is 1. The number of benzene rings is 1. The minimum absolute atomic E-state index is 0.771. The Bertz CT molecular complexity index is 511. The number of anilines is 1. The molecule has 0 bridgehead atoms. The lowest BCUT2D eigenvalue weighted by molar-refractivity contribution is 1.05. The molecular formula is C13H15BrN2S.